The Kier molecular flexibility index (Phi) is 6.22. The highest BCUT2D eigenvalue weighted by Crippen LogP contribution is 2.16. The third-order valence-electron chi connectivity index (χ3n) is 2.72. The predicted octanol–water partition coefficient (Wildman–Crippen LogP) is 2.53. The molecule has 0 aliphatic rings. The van der Waals surface area contributed by atoms with Gasteiger partial charge in [-0.2, -0.15) is 0 Å². The van der Waals surface area contributed by atoms with Gasteiger partial charge >= 0.3 is 6.03 Å². The molecule has 1 aromatic carbocycles. The van der Waals surface area contributed by atoms with Gasteiger partial charge in [-0.15, -0.1) is 0 Å². The van der Waals surface area contributed by atoms with Gasteiger partial charge in [0.2, 0.25) is 0 Å². The van der Waals surface area contributed by atoms with Crippen molar-refractivity contribution in [3.8, 4) is 0 Å². The summed E-state index contributed by atoms with van der Waals surface area (Å²) in [6, 6.07) is 7.55. The van der Waals surface area contributed by atoms with Crippen molar-refractivity contribution < 1.29 is 9.90 Å². The number of hydrogen-bond acceptors (Lipinski definition) is 2. The summed E-state index contributed by atoms with van der Waals surface area (Å²) in [5.41, 5.74) is 2.00. The predicted molar refractivity (Wildman–Crippen MR) is 73.8 cm³/mol. The monoisotopic (exact) mass is 250 g/mol. The van der Waals surface area contributed by atoms with Crippen molar-refractivity contribution in [2.75, 3.05) is 11.9 Å². The van der Waals surface area contributed by atoms with Crippen molar-refractivity contribution in [2.24, 2.45) is 0 Å². The van der Waals surface area contributed by atoms with Crippen molar-refractivity contribution >= 4 is 11.7 Å². The fourth-order valence-corrected chi connectivity index (χ4v) is 1.78. The Morgan fingerprint density at radius 2 is 2.11 bits per heavy atom. The van der Waals surface area contributed by atoms with Crippen LogP contribution in [0.2, 0.25) is 0 Å². The molecular formula is C14H22N2O2. The van der Waals surface area contributed by atoms with Crippen LogP contribution in [0.3, 0.4) is 0 Å². The average molecular weight is 250 g/mol. The molecule has 100 valence electrons. The molecule has 0 aromatic heterocycles. The van der Waals surface area contributed by atoms with Gasteiger partial charge in [-0.1, -0.05) is 31.5 Å². The van der Waals surface area contributed by atoms with Crippen LogP contribution in [0.25, 0.3) is 0 Å². The Labute approximate surface area is 108 Å². The van der Waals surface area contributed by atoms with Gasteiger partial charge in [0.05, 0.1) is 0 Å². The van der Waals surface area contributed by atoms with Gasteiger partial charge in [0, 0.05) is 18.3 Å². The molecule has 3 N–H and O–H groups in total. The Morgan fingerprint density at radius 3 is 2.78 bits per heavy atom. The van der Waals surface area contributed by atoms with Gasteiger partial charge in [0.1, 0.15) is 0 Å². The van der Waals surface area contributed by atoms with E-state index in [1.807, 2.05) is 31.2 Å². The molecule has 4 nitrogen and oxygen atoms in total. The first-order chi connectivity index (χ1) is 8.67. The second kappa shape index (κ2) is 7.71. The smallest absolute Gasteiger partial charge is 0.319 e. The highest BCUT2D eigenvalue weighted by atomic mass is 16.3. The number of aliphatic hydroxyl groups is 1. The number of anilines is 1. The fraction of sp³-hybridized carbons (Fsp3) is 0.500. The van der Waals surface area contributed by atoms with E-state index in [0.717, 1.165) is 24.1 Å². The lowest BCUT2D eigenvalue weighted by Gasteiger charge is -2.15. The largest absolute Gasteiger partial charge is 0.396 e. The summed E-state index contributed by atoms with van der Waals surface area (Å²) < 4.78 is 0. The molecule has 0 heterocycles. The second-order valence-electron chi connectivity index (χ2n) is 4.42. The summed E-state index contributed by atoms with van der Waals surface area (Å²) in [4.78, 5) is 11.8. The van der Waals surface area contributed by atoms with Crippen LogP contribution in [-0.2, 0) is 6.42 Å². The zero-order chi connectivity index (χ0) is 13.4. The lowest BCUT2D eigenvalue weighted by Crippen LogP contribution is -2.36. The number of para-hydroxylation sites is 1. The van der Waals surface area contributed by atoms with E-state index in [2.05, 4.69) is 17.6 Å². The standard InChI is InChI=1S/C14H22N2O2/c1-3-6-12-7-4-5-8-13(12)16-14(18)15-11(2)9-10-17/h4-5,7-8,11,17H,3,6,9-10H2,1-2H3,(H2,15,16,18)/t11-/m1/s1. The van der Waals surface area contributed by atoms with Crippen LogP contribution < -0.4 is 10.6 Å². The van der Waals surface area contributed by atoms with E-state index in [1.165, 1.54) is 0 Å². The van der Waals surface area contributed by atoms with Crippen LogP contribution in [0.4, 0.5) is 10.5 Å². The molecule has 18 heavy (non-hydrogen) atoms. The number of aryl methyl sites for hydroxylation is 1. The molecule has 4 heteroatoms. The summed E-state index contributed by atoms with van der Waals surface area (Å²) in [5, 5.41) is 14.4. The lowest BCUT2D eigenvalue weighted by molar-refractivity contribution is 0.241. The maximum absolute atomic E-state index is 11.8. The van der Waals surface area contributed by atoms with Gasteiger partial charge in [0.15, 0.2) is 0 Å². The zero-order valence-corrected chi connectivity index (χ0v) is 11.1. The number of aliphatic hydroxyl groups excluding tert-OH is 1. The maximum Gasteiger partial charge on any atom is 0.319 e. The van der Waals surface area contributed by atoms with E-state index >= 15 is 0 Å². The fourth-order valence-electron chi connectivity index (χ4n) is 1.78. The van der Waals surface area contributed by atoms with Crippen molar-refractivity contribution in [1.29, 1.82) is 0 Å². The molecule has 1 atom stereocenters. The number of amides is 2. The zero-order valence-electron chi connectivity index (χ0n) is 11.1. The number of hydrogen-bond donors (Lipinski definition) is 3. The molecule has 0 radical (unpaired) electrons. The van der Waals surface area contributed by atoms with Gasteiger partial charge in [-0.05, 0) is 31.4 Å². The second-order valence-corrected chi connectivity index (χ2v) is 4.42. The number of rotatable bonds is 6. The van der Waals surface area contributed by atoms with Gasteiger partial charge < -0.3 is 15.7 Å². The molecule has 1 aromatic rings. The van der Waals surface area contributed by atoms with Crippen LogP contribution in [0.5, 0.6) is 0 Å². The minimum atomic E-state index is -0.223. The number of carbonyl (C=O) groups excluding carboxylic acids is 1. The minimum Gasteiger partial charge on any atom is -0.396 e. The van der Waals surface area contributed by atoms with E-state index in [4.69, 9.17) is 5.11 Å². The van der Waals surface area contributed by atoms with Gasteiger partial charge in [0.25, 0.3) is 0 Å². The van der Waals surface area contributed by atoms with Crippen molar-refractivity contribution in [1.82, 2.24) is 5.32 Å². The molecule has 0 saturated heterocycles. The van der Waals surface area contributed by atoms with E-state index < -0.39 is 0 Å². The van der Waals surface area contributed by atoms with Crippen LogP contribution in [0.15, 0.2) is 24.3 Å². The summed E-state index contributed by atoms with van der Waals surface area (Å²) in [6.45, 7) is 4.06. The molecule has 0 spiro atoms. The van der Waals surface area contributed by atoms with Crippen LogP contribution in [-0.4, -0.2) is 23.8 Å². The summed E-state index contributed by atoms with van der Waals surface area (Å²) in [7, 11) is 0. The third-order valence-corrected chi connectivity index (χ3v) is 2.72. The third kappa shape index (κ3) is 4.75. The van der Waals surface area contributed by atoms with E-state index in [-0.39, 0.29) is 18.7 Å². The summed E-state index contributed by atoms with van der Waals surface area (Å²) in [6.07, 6.45) is 2.55. The number of urea groups is 1. The molecule has 1 rings (SSSR count). The summed E-state index contributed by atoms with van der Waals surface area (Å²) in [5.74, 6) is 0. The molecular weight excluding hydrogens is 228 g/mol. The number of carbonyl (C=O) groups is 1. The average Bonchev–Trinajstić information content (AvgIpc) is 2.32. The first-order valence-corrected chi connectivity index (χ1v) is 6.43. The SMILES string of the molecule is CCCc1ccccc1NC(=O)N[C@H](C)CCO. The lowest BCUT2D eigenvalue weighted by atomic mass is 10.1. The highest BCUT2D eigenvalue weighted by molar-refractivity contribution is 5.90. The summed E-state index contributed by atoms with van der Waals surface area (Å²) >= 11 is 0. The van der Waals surface area contributed by atoms with Gasteiger partial charge in [-0.3, -0.25) is 0 Å². The Balaban J connectivity index is 2.58. The Bertz CT molecular complexity index is 380. The molecule has 2 amide bonds. The number of benzene rings is 1. The molecule has 0 aliphatic heterocycles. The first kappa shape index (κ1) is 14.5. The first-order valence-electron chi connectivity index (χ1n) is 6.43. The van der Waals surface area contributed by atoms with Crippen LogP contribution >= 0.6 is 0 Å². The van der Waals surface area contributed by atoms with E-state index in [1.54, 1.807) is 0 Å². The van der Waals surface area contributed by atoms with Crippen LogP contribution in [0, 0.1) is 0 Å². The molecule has 0 unspecified atom stereocenters. The van der Waals surface area contributed by atoms with Crippen molar-refractivity contribution in [2.45, 2.75) is 39.2 Å². The molecule has 0 saturated carbocycles. The highest BCUT2D eigenvalue weighted by Gasteiger charge is 2.08. The Hall–Kier alpha value is -1.55. The topological polar surface area (TPSA) is 61.4 Å². The van der Waals surface area contributed by atoms with Crippen molar-refractivity contribution in [3.05, 3.63) is 29.8 Å². The minimum absolute atomic E-state index is 0.0339. The van der Waals surface area contributed by atoms with Crippen LogP contribution in [0.1, 0.15) is 32.3 Å². The molecule has 0 aliphatic carbocycles. The van der Waals surface area contributed by atoms with E-state index in [0.29, 0.717) is 6.42 Å². The molecule has 0 fully saturated rings. The van der Waals surface area contributed by atoms with Crippen molar-refractivity contribution in [3.63, 3.8) is 0 Å². The maximum atomic E-state index is 11.8. The van der Waals surface area contributed by atoms with E-state index in [9.17, 15) is 4.79 Å². The quantitative estimate of drug-likeness (QED) is 0.726. The van der Waals surface area contributed by atoms with Gasteiger partial charge in [-0.25, -0.2) is 4.79 Å². The normalized spacial score (nSPS) is 11.9. The Morgan fingerprint density at radius 1 is 1.39 bits per heavy atom. The number of nitrogens with one attached hydrogen (secondary N) is 2. The molecule has 0 bridgehead atoms.